The van der Waals surface area contributed by atoms with Crippen molar-refractivity contribution >= 4 is 11.8 Å². The molecule has 0 aliphatic carbocycles. The van der Waals surface area contributed by atoms with E-state index in [4.69, 9.17) is 4.74 Å². The van der Waals surface area contributed by atoms with Crippen molar-refractivity contribution in [3.8, 4) is 5.75 Å². The SMILES string of the molecule is Cc1cccc(C)c1OC[C@H](c1ccccc1)N1C(=O)c2ccccc2C1=O. The average Bonchev–Trinajstić information content (AvgIpc) is 2.96. The summed E-state index contributed by atoms with van der Waals surface area (Å²) in [6.45, 7) is 4.17. The monoisotopic (exact) mass is 371 g/mol. The minimum absolute atomic E-state index is 0.196. The Bertz CT molecular complexity index is 987. The molecule has 3 aromatic carbocycles. The van der Waals surface area contributed by atoms with Crippen LogP contribution in [-0.4, -0.2) is 23.3 Å². The summed E-state index contributed by atoms with van der Waals surface area (Å²) in [7, 11) is 0. The Hall–Kier alpha value is -3.40. The van der Waals surface area contributed by atoms with Crippen LogP contribution in [0.1, 0.15) is 43.4 Å². The van der Waals surface area contributed by atoms with Gasteiger partial charge in [0.05, 0.1) is 17.2 Å². The zero-order chi connectivity index (χ0) is 19.7. The summed E-state index contributed by atoms with van der Waals surface area (Å²) in [5.74, 6) is 0.235. The van der Waals surface area contributed by atoms with Gasteiger partial charge in [0.15, 0.2) is 0 Å². The Morgan fingerprint density at radius 3 is 1.86 bits per heavy atom. The molecule has 1 aliphatic rings. The number of aryl methyl sites for hydroxylation is 2. The third-order valence-electron chi connectivity index (χ3n) is 5.12. The normalized spacial score (nSPS) is 14.1. The van der Waals surface area contributed by atoms with Crippen LogP contribution in [-0.2, 0) is 0 Å². The van der Waals surface area contributed by atoms with Crippen LogP contribution in [0.2, 0.25) is 0 Å². The molecule has 0 saturated carbocycles. The maximum atomic E-state index is 13.0. The lowest BCUT2D eigenvalue weighted by Gasteiger charge is -2.27. The van der Waals surface area contributed by atoms with Gasteiger partial charge in [-0.15, -0.1) is 0 Å². The maximum absolute atomic E-state index is 13.0. The molecule has 0 saturated heterocycles. The molecule has 0 fully saturated rings. The fraction of sp³-hybridized carbons (Fsp3) is 0.167. The molecular weight excluding hydrogens is 350 g/mol. The van der Waals surface area contributed by atoms with Gasteiger partial charge in [0.25, 0.3) is 11.8 Å². The molecule has 0 N–H and O–H groups in total. The number of amides is 2. The fourth-order valence-corrected chi connectivity index (χ4v) is 3.68. The molecule has 0 bridgehead atoms. The molecule has 0 spiro atoms. The number of carbonyl (C=O) groups excluding carboxylic acids is 2. The minimum Gasteiger partial charge on any atom is -0.491 e. The number of para-hydroxylation sites is 1. The van der Waals surface area contributed by atoms with Crippen molar-refractivity contribution in [3.63, 3.8) is 0 Å². The first kappa shape index (κ1) is 18.0. The Labute approximate surface area is 164 Å². The lowest BCUT2D eigenvalue weighted by Crippen LogP contribution is -2.37. The van der Waals surface area contributed by atoms with Gasteiger partial charge in [-0.1, -0.05) is 60.7 Å². The molecular formula is C24H21NO3. The Balaban J connectivity index is 1.70. The van der Waals surface area contributed by atoms with E-state index in [0.29, 0.717) is 11.1 Å². The van der Waals surface area contributed by atoms with E-state index in [-0.39, 0.29) is 18.4 Å². The van der Waals surface area contributed by atoms with Crippen LogP contribution in [0.3, 0.4) is 0 Å². The number of fused-ring (bicyclic) bond motifs is 1. The lowest BCUT2D eigenvalue weighted by atomic mass is 10.1. The standard InChI is InChI=1S/C24H21NO3/c1-16-9-8-10-17(2)22(16)28-15-21(18-11-4-3-5-12-18)25-23(26)19-13-6-7-14-20(19)24(25)27/h3-14,21H,15H2,1-2H3/t21-/m1/s1. The molecule has 2 amide bonds. The van der Waals surface area contributed by atoms with Crippen molar-refractivity contribution in [1.29, 1.82) is 0 Å². The van der Waals surface area contributed by atoms with Crippen LogP contribution in [0.25, 0.3) is 0 Å². The molecule has 4 nitrogen and oxygen atoms in total. The van der Waals surface area contributed by atoms with Crippen molar-refractivity contribution in [2.75, 3.05) is 6.61 Å². The van der Waals surface area contributed by atoms with Gasteiger partial charge in [-0.3, -0.25) is 14.5 Å². The predicted molar refractivity (Wildman–Crippen MR) is 108 cm³/mol. The van der Waals surface area contributed by atoms with Crippen LogP contribution >= 0.6 is 0 Å². The van der Waals surface area contributed by atoms with Crippen molar-refractivity contribution in [2.24, 2.45) is 0 Å². The van der Waals surface area contributed by atoms with Gasteiger partial charge in [0.2, 0.25) is 0 Å². The quantitative estimate of drug-likeness (QED) is 0.610. The molecule has 0 radical (unpaired) electrons. The summed E-state index contributed by atoms with van der Waals surface area (Å²) >= 11 is 0. The van der Waals surface area contributed by atoms with E-state index in [0.717, 1.165) is 22.4 Å². The van der Waals surface area contributed by atoms with Crippen LogP contribution in [0.5, 0.6) is 5.75 Å². The molecule has 0 aromatic heterocycles. The number of hydrogen-bond donors (Lipinski definition) is 0. The minimum atomic E-state index is -0.507. The molecule has 4 rings (SSSR count). The number of rotatable bonds is 5. The van der Waals surface area contributed by atoms with Crippen molar-refractivity contribution in [1.82, 2.24) is 4.90 Å². The Morgan fingerprint density at radius 1 is 0.750 bits per heavy atom. The first-order chi connectivity index (χ1) is 13.6. The van der Waals surface area contributed by atoms with Crippen LogP contribution in [0.15, 0.2) is 72.8 Å². The van der Waals surface area contributed by atoms with E-state index in [2.05, 4.69) is 0 Å². The zero-order valence-electron chi connectivity index (χ0n) is 15.9. The van der Waals surface area contributed by atoms with Gasteiger partial charge in [0, 0.05) is 0 Å². The average molecular weight is 371 g/mol. The number of ether oxygens (including phenoxy) is 1. The van der Waals surface area contributed by atoms with Gasteiger partial charge >= 0.3 is 0 Å². The van der Waals surface area contributed by atoms with E-state index in [1.165, 1.54) is 4.90 Å². The van der Waals surface area contributed by atoms with Crippen LogP contribution in [0, 0.1) is 13.8 Å². The van der Waals surface area contributed by atoms with Crippen molar-refractivity contribution in [3.05, 3.63) is 101 Å². The first-order valence-corrected chi connectivity index (χ1v) is 9.29. The second-order valence-electron chi connectivity index (χ2n) is 6.98. The Morgan fingerprint density at radius 2 is 1.29 bits per heavy atom. The third-order valence-corrected chi connectivity index (χ3v) is 5.12. The lowest BCUT2D eigenvalue weighted by molar-refractivity contribution is 0.0529. The van der Waals surface area contributed by atoms with E-state index in [1.54, 1.807) is 24.3 Å². The van der Waals surface area contributed by atoms with Gasteiger partial charge in [0.1, 0.15) is 12.4 Å². The summed E-state index contributed by atoms with van der Waals surface area (Å²) in [4.78, 5) is 27.4. The molecule has 1 heterocycles. The molecule has 4 heteroatoms. The Kier molecular flexibility index (Phi) is 4.70. The second kappa shape index (κ2) is 7.31. The maximum Gasteiger partial charge on any atom is 0.262 e. The topological polar surface area (TPSA) is 46.6 Å². The van der Waals surface area contributed by atoms with Gasteiger partial charge in [-0.05, 0) is 42.7 Å². The molecule has 0 unspecified atom stereocenters. The molecule has 28 heavy (non-hydrogen) atoms. The number of nitrogens with zero attached hydrogens (tertiary/aromatic N) is 1. The summed E-state index contributed by atoms with van der Waals surface area (Å²) < 4.78 is 6.15. The second-order valence-corrected chi connectivity index (χ2v) is 6.98. The van der Waals surface area contributed by atoms with E-state index < -0.39 is 6.04 Å². The summed E-state index contributed by atoms with van der Waals surface area (Å²) in [5, 5.41) is 0. The van der Waals surface area contributed by atoms with Gasteiger partial charge in [-0.2, -0.15) is 0 Å². The highest BCUT2D eigenvalue weighted by molar-refractivity contribution is 6.21. The highest BCUT2D eigenvalue weighted by Crippen LogP contribution is 2.33. The highest BCUT2D eigenvalue weighted by Gasteiger charge is 2.40. The smallest absolute Gasteiger partial charge is 0.262 e. The highest BCUT2D eigenvalue weighted by atomic mass is 16.5. The van der Waals surface area contributed by atoms with Gasteiger partial charge in [-0.25, -0.2) is 0 Å². The number of benzene rings is 3. The summed E-state index contributed by atoms with van der Waals surface area (Å²) in [6.07, 6.45) is 0. The number of carbonyl (C=O) groups is 2. The molecule has 140 valence electrons. The van der Waals surface area contributed by atoms with Crippen molar-refractivity contribution < 1.29 is 14.3 Å². The zero-order valence-corrected chi connectivity index (χ0v) is 15.9. The van der Waals surface area contributed by atoms with E-state index >= 15 is 0 Å². The summed E-state index contributed by atoms with van der Waals surface area (Å²) in [5.41, 5.74) is 3.80. The predicted octanol–water partition coefficient (Wildman–Crippen LogP) is 4.72. The van der Waals surface area contributed by atoms with Gasteiger partial charge < -0.3 is 4.74 Å². The first-order valence-electron chi connectivity index (χ1n) is 9.29. The van der Waals surface area contributed by atoms with E-state index in [1.807, 2.05) is 62.4 Å². The van der Waals surface area contributed by atoms with Crippen LogP contribution < -0.4 is 4.74 Å². The van der Waals surface area contributed by atoms with Crippen LogP contribution in [0.4, 0.5) is 0 Å². The van der Waals surface area contributed by atoms with E-state index in [9.17, 15) is 9.59 Å². The molecule has 1 aliphatic heterocycles. The number of imide groups is 1. The largest absolute Gasteiger partial charge is 0.491 e. The fourth-order valence-electron chi connectivity index (χ4n) is 3.68. The third kappa shape index (κ3) is 3.07. The van der Waals surface area contributed by atoms with Crippen molar-refractivity contribution in [2.45, 2.75) is 19.9 Å². The molecule has 1 atom stereocenters. The number of hydrogen-bond acceptors (Lipinski definition) is 3. The summed E-state index contributed by atoms with van der Waals surface area (Å²) in [6, 6.07) is 22.0. The molecule has 3 aromatic rings.